The second-order valence-corrected chi connectivity index (χ2v) is 4.42. The van der Waals surface area contributed by atoms with E-state index in [1.54, 1.807) is 0 Å². The Hall–Kier alpha value is -1.23. The quantitative estimate of drug-likeness (QED) is 0.844. The lowest BCUT2D eigenvalue weighted by Gasteiger charge is -2.30. The van der Waals surface area contributed by atoms with E-state index in [4.69, 9.17) is 9.84 Å². The van der Waals surface area contributed by atoms with Crippen molar-refractivity contribution in [2.24, 2.45) is 0 Å². The third-order valence-electron chi connectivity index (χ3n) is 2.95. The van der Waals surface area contributed by atoms with Crippen molar-refractivity contribution in [2.45, 2.75) is 26.8 Å². The molecule has 0 aromatic heterocycles. The molecule has 1 unspecified atom stereocenters. The number of carbonyl (C=O) groups is 1. The van der Waals surface area contributed by atoms with Crippen LogP contribution in [0.15, 0.2) is 24.3 Å². The highest BCUT2D eigenvalue weighted by molar-refractivity contribution is 5.74. The predicted molar refractivity (Wildman–Crippen MR) is 82.2 cm³/mol. The summed E-state index contributed by atoms with van der Waals surface area (Å²) in [4.78, 5) is 12.2. The number of hydrogen-bond donors (Lipinski definition) is 1. The second kappa shape index (κ2) is 11.6. The van der Waals surface area contributed by atoms with Crippen molar-refractivity contribution >= 4 is 6.29 Å². The fraction of sp³-hybridized carbons (Fsp3) is 0.562. The van der Waals surface area contributed by atoms with Gasteiger partial charge >= 0.3 is 0 Å². The van der Waals surface area contributed by atoms with Crippen molar-refractivity contribution in [2.75, 3.05) is 33.4 Å². The number of aliphatic hydroxyl groups is 1. The Morgan fingerprint density at radius 1 is 1.35 bits per heavy atom. The monoisotopic (exact) mass is 281 g/mol. The van der Waals surface area contributed by atoms with Gasteiger partial charge in [-0.3, -0.25) is 9.69 Å². The fourth-order valence-corrected chi connectivity index (χ4v) is 1.57. The van der Waals surface area contributed by atoms with E-state index < -0.39 is 0 Å². The zero-order valence-electron chi connectivity index (χ0n) is 13.0. The number of hydrogen-bond acceptors (Lipinski definition) is 4. The molecule has 0 saturated carbocycles. The number of aryl methyl sites for hydroxylation is 1. The highest BCUT2D eigenvalue weighted by Gasteiger charge is 2.17. The van der Waals surface area contributed by atoms with Gasteiger partial charge in [0.15, 0.2) is 0 Å². The van der Waals surface area contributed by atoms with Gasteiger partial charge in [0.05, 0.1) is 25.9 Å². The molecule has 4 heteroatoms. The zero-order valence-corrected chi connectivity index (χ0v) is 13.0. The third-order valence-corrected chi connectivity index (χ3v) is 2.95. The van der Waals surface area contributed by atoms with Gasteiger partial charge in [-0.25, -0.2) is 0 Å². The normalized spacial score (nSPS) is 18.1. The van der Waals surface area contributed by atoms with Gasteiger partial charge < -0.3 is 9.84 Å². The Morgan fingerprint density at radius 2 is 1.95 bits per heavy atom. The molecule has 1 aromatic carbocycles. The van der Waals surface area contributed by atoms with Gasteiger partial charge in [0.25, 0.3) is 0 Å². The lowest BCUT2D eigenvalue weighted by molar-refractivity contribution is -0.0148. The summed E-state index contributed by atoms with van der Waals surface area (Å²) in [5.41, 5.74) is 1.92. The van der Waals surface area contributed by atoms with Crippen molar-refractivity contribution in [3.63, 3.8) is 0 Å². The summed E-state index contributed by atoms with van der Waals surface area (Å²) in [6.45, 7) is 8.61. The molecule has 1 aliphatic rings. The van der Waals surface area contributed by atoms with Gasteiger partial charge in [-0.15, -0.1) is 0 Å². The Labute approximate surface area is 122 Å². The number of nitrogens with zero attached hydrogens (tertiary/aromatic N) is 1. The van der Waals surface area contributed by atoms with Crippen LogP contribution in [0.3, 0.4) is 0 Å². The van der Waals surface area contributed by atoms with Crippen LogP contribution in [0.4, 0.5) is 0 Å². The maximum atomic E-state index is 10.1. The summed E-state index contributed by atoms with van der Waals surface area (Å²) in [6.07, 6.45) is 0.847. The maximum Gasteiger partial charge on any atom is 0.150 e. The van der Waals surface area contributed by atoms with Gasteiger partial charge in [0.2, 0.25) is 0 Å². The Balaban J connectivity index is 0.000000321. The first-order valence-corrected chi connectivity index (χ1v) is 7.08. The van der Waals surface area contributed by atoms with E-state index >= 15 is 0 Å². The average Bonchev–Trinajstić information content (AvgIpc) is 2.51. The van der Waals surface area contributed by atoms with Crippen LogP contribution in [0.25, 0.3) is 0 Å². The van der Waals surface area contributed by atoms with Crippen LogP contribution in [0.5, 0.6) is 0 Å². The molecule has 20 heavy (non-hydrogen) atoms. The molecule has 1 atom stereocenters. The summed E-state index contributed by atoms with van der Waals surface area (Å²) in [5.74, 6) is 0. The van der Waals surface area contributed by atoms with E-state index in [0.717, 1.165) is 25.0 Å². The SMILES string of the molecule is CC.CN1CCOCC1CO.Cc1ccc(C=O)cc1. The van der Waals surface area contributed by atoms with Gasteiger partial charge in [0, 0.05) is 12.1 Å². The molecule has 1 saturated heterocycles. The number of aliphatic hydroxyl groups excluding tert-OH is 1. The van der Waals surface area contributed by atoms with Crippen LogP contribution in [0, 0.1) is 6.92 Å². The molecular weight excluding hydrogens is 254 g/mol. The van der Waals surface area contributed by atoms with Crippen LogP contribution in [0.1, 0.15) is 29.8 Å². The van der Waals surface area contributed by atoms with Crippen molar-refractivity contribution < 1.29 is 14.6 Å². The summed E-state index contributed by atoms with van der Waals surface area (Å²) in [6, 6.07) is 7.68. The Morgan fingerprint density at radius 3 is 2.35 bits per heavy atom. The molecule has 0 radical (unpaired) electrons. The smallest absolute Gasteiger partial charge is 0.150 e. The number of morpholine rings is 1. The predicted octanol–water partition coefficient (Wildman–Crippen LogP) is 2.14. The van der Waals surface area contributed by atoms with Crippen molar-refractivity contribution in [3.8, 4) is 0 Å². The number of benzene rings is 1. The molecule has 1 fully saturated rings. The molecule has 1 heterocycles. The number of ether oxygens (including phenoxy) is 1. The minimum absolute atomic E-state index is 0.205. The van der Waals surface area contributed by atoms with E-state index in [0.29, 0.717) is 6.61 Å². The van der Waals surface area contributed by atoms with Crippen LogP contribution in [0.2, 0.25) is 0 Å². The third kappa shape index (κ3) is 7.38. The molecular formula is C16H27NO3. The van der Waals surface area contributed by atoms with E-state index in [1.807, 2.05) is 52.1 Å². The molecule has 2 rings (SSSR count). The number of carbonyl (C=O) groups excluding carboxylic acids is 1. The summed E-state index contributed by atoms with van der Waals surface area (Å²) in [5, 5.41) is 8.74. The van der Waals surface area contributed by atoms with Crippen LogP contribution in [-0.2, 0) is 4.74 Å². The van der Waals surface area contributed by atoms with E-state index in [-0.39, 0.29) is 12.6 Å². The topological polar surface area (TPSA) is 49.8 Å². The molecule has 114 valence electrons. The largest absolute Gasteiger partial charge is 0.395 e. The van der Waals surface area contributed by atoms with E-state index in [9.17, 15) is 4.79 Å². The molecule has 0 bridgehead atoms. The van der Waals surface area contributed by atoms with Crippen LogP contribution < -0.4 is 0 Å². The lowest BCUT2D eigenvalue weighted by Crippen LogP contribution is -2.44. The fourth-order valence-electron chi connectivity index (χ4n) is 1.57. The summed E-state index contributed by atoms with van der Waals surface area (Å²) < 4.78 is 5.14. The van der Waals surface area contributed by atoms with Gasteiger partial charge in [-0.1, -0.05) is 43.7 Å². The van der Waals surface area contributed by atoms with Gasteiger partial charge in [0.1, 0.15) is 6.29 Å². The molecule has 4 nitrogen and oxygen atoms in total. The zero-order chi connectivity index (χ0) is 15.4. The van der Waals surface area contributed by atoms with E-state index in [1.165, 1.54) is 5.56 Å². The van der Waals surface area contributed by atoms with Crippen molar-refractivity contribution in [1.82, 2.24) is 4.90 Å². The van der Waals surface area contributed by atoms with Crippen LogP contribution >= 0.6 is 0 Å². The first-order valence-electron chi connectivity index (χ1n) is 7.08. The number of aldehydes is 1. The number of likely N-dealkylation sites (N-methyl/N-ethyl adjacent to an activating group) is 1. The molecule has 0 aliphatic carbocycles. The Kier molecular flexibility index (Phi) is 10.9. The highest BCUT2D eigenvalue weighted by atomic mass is 16.5. The minimum Gasteiger partial charge on any atom is -0.395 e. The highest BCUT2D eigenvalue weighted by Crippen LogP contribution is 2.01. The average molecular weight is 281 g/mol. The van der Waals surface area contributed by atoms with Crippen molar-refractivity contribution in [3.05, 3.63) is 35.4 Å². The van der Waals surface area contributed by atoms with Crippen molar-refractivity contribution in [1.29, 1.82) is 0 Å². The maximum absolute atomic E-state index is 10.1. The lowest BCUT2D eigenvalue weighted by atomic mass is 10.2. The standard InChI is InChI=1S/C8H8O.C6H13NO2.C2H6/c1-7-2-4-8(6-9)5-3-7;1-7-2-3-9-5-6(7)4-8;1-2/h2-6H,1H3;6,8H,2-5H2,1H3;1-2H3. The van der Waals surface area contributed by atoms with Gasteiger partial charge in [-0.05, 0) is 14.0 Å². The van der Waals surface area contributed by atoms with Crippen LogP contribution in [-0.4, -0.2) is 55.7 Å². The Bertz CT molecular complexity index is 351. The first kappa shape index (κ1) is 18.8. The summed E-state index contributed by atoms with van der Waals surface area (Å²) in [7, 11) is 2.00. The van der Waals surface area contributed by atoms with Gasteiger partial charge in [-0.2, -0.15) is 0 Å². The summed E-state index contributed by atoms with van der Waals surface area (Å²) >= 11 is 0. The first-order chi connectivity index (χ1) is 9.67. The molecule has 1 N–H and O–H groups in total. The minimum atomic E-state index is 0.205. The molecule has 1 aliphatic heterocycles. The second-order valence-electron chi connectivity index (χ2n) is 4.42. The number of rotatable bonds is 2. The molecule has 1 aromatic rings. The molecule has 0 spiro atoms. The molecule has 0 amide bonds. The van der Waals surface area contributed by atoms with E-state index in [2.05, 4.69) is 4.90 Å².